The standard InChI is InChI=1S/C19H15N5O/c25-19(22-15-4-3-8-21-13-15)18-16-5-1-2-11-24(16)17(23-18)12-14-6-9-20-10-7-14/h1-11,13H,12H2,(H,22,25). The Morgan fingerprint density at radius 2 is 1.88 bits per heavy atom. The van der Waals surface area contributed by atoms with Crippen LogP contribution >= 0.6 is 0 Å². The van der Waals surface area contributed by atoms with Crippen molar-refractivity contribution in [2.75, 3.05) is 5.32 Å². The molecule has 6 nitrogen and oxygen atoms in total. The van der Waals surface area contributed by atoms with Crippen LogP contribution < -0.4 is 5.32 Å². The van der Waals surface area contributed by atoms with Gasteiger partial charge in [-0.05, 0) is 42.0 Å². The summed E-state index contributed by atoms with van der Waals surface area (Å²) in [7, 11) is 0. The van der Waals surface area contributed by atoms with Crippen LogP contribution in [-0.4, -0.2) is 25.3 Å². The van der Waals surface area contributed by atoms with E-state index in [9.17, 15) is 4.79 Å². The Hall–Kier alpha value is -3.54. The normalized spacial score (nSPS) is 10.7. The number of pyridine rings is 3. The van der Waals surface area contributed by atoms with Gasteiger partial charge in [0.25, 0.3) is 5.91 Å². The van der Waals surface area contributed by atoms with Gasteiger partial charge in [-0.2, -0.15) is 0 Å². The van der Waals surface area contributed by atoms with Gasteiger partial charge < -0.3 is 9.72 Å². The first-order valence-corrected chi connectivity index (χ1v) is 7.87. The lowest BCUT2D eigenvalue weighted by Crippen LogP contribution is -2.13. The zero-order valence-electron chi connectivity index (χ0n) is 13.3. The Kier molecular flexibility index (Phi) is 3.92. The first-order valence-electron chi connectivity index (χ1n) is 7.87. The molecule has 1 N–H and O–H groups in total. The van der Waals surface area contributed by atoms with E-state index in [1.165, 1.54) is 0 Å². The van der Waals surface area contributed by atoms with Gasteiger partial charge >= 0.3 is 0 Å². The van der Waals surface area contributed by atoms with Gasteiger partial charge in [0.05, 0.1) is 17.4 Å². The SMILES string of the molecule is O=C(Nc1cccnc1)c1nc(Cc2ccncc2)n2ccccc12. The van der Waals surface area contributed by atoms with Crippen molar-refractivity contribution in [1.29, 1.82) is 0 Å². The molecule has 1 amide bonds. The van der Waals surface area contributed by atoms with Gasteiger partial charge in [-0.25, -0.2) is 4.98 Å². The zero-order chi connectivity index (χ0) is 17.1. The van der Waals surface area contributed by atoms with Crippen molar-refractivity contribution < 1.29 is 4.79 Å². The van der Waals surface area contributed by atoms with E-state index in [1.54, 1.807) is 36.9 Å². The van der Waals surface area contributed by atoms with Gasteiger partial charge in [0.15, 0.2) is 5.69 Å². The number of anilines is 1. The second kappa shape index (κ2) is 6.52. The molecule has 0 aromatic carbocycles. The average Bonchev–Trinajstić information content (AvgIpc) is 3.02. The number of amides is 1. The molecule has 0 fully saturated rings. The minimum Gasteiger partial charge on any atom is -0.319 e. The van der Waals surface area contributed by atoms with Crippen LogP contribution in [0, 0.1) is 0 Å². The van der Waals surface area contributed by atoms with Crippen molar-refractivity contribution in [2.45, 2.75) is 6.42 Å². The fourth-order valence-electron chi connectivity index (χ4n) is 2.70. The molecule has 0 atom stereocenters. The maximum atomic E-state index is 12.7. The van der Waals surface area contributed by atoms with E-state index in [4.69, 9.17) is 0 Å². The maximum absolute atomic E-state index is 12.7. The van der Waals surface area contributed by atoms with Gasteiger partial charge in [-0.1, -0.05) is 6.07 Å². The third-order valence-electron chi connectivity index (χ3n) is 3.87. The summed E-state index contributed by atoms with van der Waals surface area (Å²) in [5.41, 5.74) is 2.90. The Morgan fingerprint density at radius 1 is 1.00 bits per heavy atom. The van der Waals surface area contributed by atoms with Crippen molar-refractivity contribution in [1.82, 2.24) is 19.4 Å². The molecule has 0 unspecified atom stereocenters. The van der Waals surface area contributed by atoms with Crippen LogP contribution in [0.4, 0.5) is 5.69 Å². The summed E-state index contributed by atoms with van der Waals surface area (Å²) in [4.78, 5) is 25.3. The van der Waals surface area contributed by atoms with E-state index in [-0.39, 0.29) is 5.91 Å². The molecule has 0 aliphatic heterocycles. The van der Waals surface area contributed by atoms with Crippen LogP contribution in [-0.2, 0) is 6.42 Å². The largest absolute Gasteiger partial charge is 0.319 e. The number of hydrogen-bond acceptors (Lipinski definition) is 4. The molecule has 122 valence electrons. The van der Waals surface area contributed by atoms with Crippen molar-refractivity contribution in [2.24, 2.45) is 0 Å². The van der Waals surface area contributed by atoms with E-state index in [0.717, 1.165) is 16.9 Å². The topological polar surface area (TPSA) is 72.2 Å². The van der Waals surface area contributed by atoms with E-state index in [0.29, 0.717) is 17.8 Å². The summed E-state index contributed by atoms with van der Waals surface area (Å²) < 4.78 is 1.94. The molecule has 4 aromatic rings. The van der Waals surface area contributed by atoms with Gasteiger partial charge in [-0.3, -0.25) is 14.8 Å². The minimum absolute atomic E-state index is 0.252. The molecule has 0 spiro atoms. The van der Waals surface area contributed by atoms with Gasteiger partial charge in [0, 0.05) is 31.2 Å². The van der Waals surface area contributed by atoms with Crippen LogP contribution in [0.15, 0.2) is 73.4 Å². The number of carbonyl (C=O) groups is 1. The molecule has 0 bridgehead atoms. The van der Waals surface area contributed by atoms with E-state index in [2.05, 4.69) is 20.3 Å². The summed E-state index contributed by atoms with van der Waals surface area (Å²) >= 11 is 0. The van der Waals surface area contributed by atoms with E-state index < -0.39 is 0 Å². The van der Waals surface area contributed by atoms with Crippen molar-refractivity contribution >= 4 is 17.1 Å². The van der Waals surface area contributed by atoms with Crippen molar-refractivity contribution in [3.8, 4) is 0 Å². The lowest BCUT2D eigenvalue weighted by molar-refractivity contribution is 0.102. The van der Waals surface area contributed by atoms with Crippen molar-refractivity contribution in [3.63, 3.8) is 0 Å². The predicted molar refractivity (Wildman–Crippen MR) is 94.4 cm³/mol. The number of hydrogen-bond donors (Lipinski definition) is 1. The number of fused-ring (bicyclic) bond motifs is 1. The molecule has 25 heavy (non-hydrogen) atoms. The third-order valence-corrected chi connectivity index (χ3v) is 3.87. The maximum Gasteiger partial charge on any atom is 0.276 e. The minimum atomic E-state index is -0.252. The predicted octanol–water partition coefficient (Wildman–Crippen LogP) is 2.97. The summed E-state index contributed by atoms with van der Waals surface area (Å²) in [5, 5.41) is 2.84. The average molecular weight is 329 g/mol. The molecule has 4 aromatic heterocycles. The Bertz CT molecular complexity index is 1010. The van der Waals surface area contributed by atoms with E-state index >= 15 is 0 Å². The van der Waals surface area contributed by atoms with Gasteiger partial charge in [0.2, 0.25) is 0 Å². The molecule has 6 heteroatoms. The highest BCUT2D eigenvalue weighted by Crippen LogP contribution is 2.17. The highest BCUT2D eigenvalue weighted by atomic mass is 16.1. The smallest absolute Gasteiger partial charge is 0.276 e. The molecule has 0 saturated heterocycles. The van der Waals surface area contributed by atoms with E-state index in [1.807, 2.05) is 40.9 Å². The fourth-order valence-corrected chi connectivity index (χ4v) is 2.70. The quantitative estimate of drug-likeness (QED) is 0.625. The molecular formula is C19H15N5O. The zero-order valence-corrected chi connectivity index (χ0v) is 13.3. The van der Waals surface area contributed by atoms with Crippen LogP contribution in [0.25, 0.3) is 5.52 Å². The molecule has 0 aliphatic carbocycles. The molecule has 4 rings (SSSR count). The third kappa shape index (κ3) is 3.10. The van der Waals surface area contributed by atoms with Crippen LogP contribution in [0.1, 0.15) is 21.9 Å². The summed E-state index contributed by atoms with van der Waals surface area (Å²) in [6.45, 7) is 0. The lowest BCUT2D eigenvalue weighted by Gasteiger charge is -2.02. The molecule has 4 heterocycles. The summed E-state index contributed by atoms with van der Waals surface area (Å²) in [5.74, 6) is 0.552. The highest BCUT2D eigenvalue weighted by Gasteiger charge is 2.17. The van der Waals surface area contributed by atoms with Crippen LogP contribution in [0.5, 0.6) is 0 Å². The Balaban J connectivity index is 1.71. The molecule has 0 radical (unpaired) electrons. The number of carbonyl (C=O) groups excluding carboxylic acids is 1. The number of aromatic nitrogens is 4. The number of nitrogens with zero attached hydrogens (tertiary/aromatic N) is 4. The monoisotopic (exact) mass is 329 g/mol. The van der Waals surface area contributed by atoms with Crippen molar-refractivity contribution in [3.05, 3.63) is 90.5 Å². The van der Waals surface area contributed by atoms with Gasteiger partial charge in [0.1, 0.15) is 5.82 Å². The molecule has 0 saturated carbocycles. The summed E-state index contributed by atoms with van der Waals surface area (Å²) in [6, 6.07) is 13.2. The first kappa shape index (κ1) is 15.0. The Labute approximate surface area is 144 Å². The van der Waals surface area contributed by atoms with Crippen LogP contribution in [0.3, 0.4) is 0 Å². The molecular weight excluding hydrogens is 314 g/mol. The highest BCUT2D eigenvalue weighted by molar-refractivity contribution is 6.07. The summed E-state index contributed by atoms with van der Waals surface area (Å²) in [6.07, 6.45) is 9.30. The number of imidazole rings is 1. The lowest BCUT2D eigenvalue weighted by atomic mass is 10.2. The van der Waals surface area contributed by atoms with Gasteiger partial charge in [-0.15, -0.1) is 0 Å². The van der Waals surface area contributed by atoms with Crippen LogP contribution in [0.2, 0.25) is 0 Å². The Morgan fingerprint density at radius 3 is 2.68 bits per heavy atom. The number of nitrogens with one attached hydrogen (secondary N) is 1. The first-order chi connectivity index (χ1) is 12.3. The fraction of sp³-hybridized carbons (Fsp3) is 0.0526. The second-order valence-corrected chi connectivity index (χ2v) is 5.56. The number of rotatable bonds is 4. The second-order valence-electron chi connectivity index (χ2n) is 5.56. The molecule has 0 aliphatic rings.